The van der Waals surface area contributed by atoms with Crippen LogP contribution in [0.5, 0.6) is 0 Å². The van der Waals surface area contributed by atoms with Crippen LogP contribution in [0, 0.1) is 12.9 Å². The lowest BCUT2D eigenvalue weighted by Gasteiger charge is -2.09. The summed E-state index contributed by atoms with van der Waals surface area (Å²) < 4.78 is 13.1. The smallest absolute Gasteiger partial charge is 0.222 e. The van der Waals surface area contributed by atoms with Crippen LogP contribution in [0.25, 0.3) is 0 Å². The number of aromatic nitrogens is 2. The van der Waals surface area contributed by atoms with E-state index in [1.54, 1.807) is 6.92 Å². The highest BCUT2D eigenvalue weighted by molar-refractivity contribution is 5.27. The summed E-state index contributed by atoms with van der Waals surface area (Å²) in [5.41, 5.74) is 6.43. The van der Waals surface area contributed by atoms with Gasteiger partial charge in [-0.1, -0.05) is 27.7 Å². The van der Waals surface area contributed by atoms with E-state index in [4.69, 9.17) is 5.73 Å². The number of hydrogen-bond donors (Lipinski definition) is 1. The maximum absolute atomic E-state index is 13.1. The number of nitrogens with zero attached hydrogens (tertiary/aromatic N) is 2. The van der Waals surface area contributed by atoms with Gasteiger partial charge in [0.05, 0.1) is 0 Å². The van der Waals surface area contributed by atoms with E-state index in [2.05, 4.69) is 9.97 Å². The highest BCUT2D eigenvalue weighted by Gasteiger charge is 2.12. The summed E-state index contributed by atoms with van der Waals surface area (Å²) in [5.74, 6) is -0.421. The van der Waals surface area contributed by atoms with Crippen molar-refractivity contribution in [1.82, 2.24) is 9.97 Å². The van der Waals surface area contributed by atoms with Gasteiger partial charge >= 0.3 is 0 Å². The van der Waals surface area contributed by atoms with E-state index in [1.165, 1.54) is 0 Å². The van der Waals surface area contributed by atoms with Gasteiger partial charge in [-0.3, -0.25) is 0 Å². The van der Waals surface area contributed by atoms with E-state index in [-0.39, 0.29) is 11.9 Å². The Hall–Kier alpha value is -1.19. The first-order valence-electron chi connectivity index (χ1n) is 4.82. The summed E-state index contributed by atoms with van der Waals surface area (Å²) in [5, 5.41) is 0. The van der Waals surface area contributed by atoms with Gasteiger partial charge in [-0.2, -0.15) is 9.37 Å². The molecule has 4 heteroatoms. The molecule has 0 aliphatic rings. The van der Waals surface area contributed by atoms with Gasteiger partial charge in [-0.25, -0.2) is 4.98 Å². The molecule has 0 aromatic carbocycles. The van der Waals surface area contributed by atoms with Gasteiger partial charge in [0.1, 0.15) is 0 Å². The van der Waals surface area contributed by atoms with Gasteiger partial charge in [0.2, 0.25) is 11.9 Å². The number of anilines is 1. The molecule has 0 saturated carbocycles. The highest BCUT2D eigenvalue weighted by atomic mass is 19.1. The van der Waals surface area contributed by atoms with Crippen LogP contribution in [0.15, 0.2) is 0 Å². The molecule has 0 amide bonds. The average Bonchev–Trinajstić information content (AvgIpc) is 2.04. The van der Waals surface area contributed by atoms with E-state index >= 15 is 0 Å². The van der Waals surface area contributed by atoms with E-state index < -0.39 is 5.95 Å². The molecule has 0 atom stereocenters. The van der Waals surface area contributed by atoms with Crippen LogP contribution in [0.4, 0.5) is 10.3 Å². The van der Waals surface area contributed by atoms with Gasteiger partial charge in [-0.05, 0) is 12.8 Å². The number of rotatable bonds is 1. The van der Waals surface area contributed by atoms with Crippen LogP contribution >= 0.6 is 0 Å². The SMILES string of the molecule is CC.Cc1nc(N)nc(F)c1C(C)C. The molecule has 0 bridgehead atoms. The lowest BCUT2D eigenvalue weighted by Crippen LogP contribution is -2.06. The topological polar surface area (TPSA) is 51.8 Å². The molecule has 1 heterocycles. The predicted molar refractivity (Wildman–Crippen MR) is 56.6 cm³/mol. The quantitative estimate of drug-likeness (QED) is 0.707. The second-order valence-corrected chi connectivity index (χ2v) is 3.03. The van der Waals surface area contributed by atoms with Crippen molar-refractivity contribution in [2.75, 3.05) is 5.73 Å². The molecule has 0 aliphatic heterocycles. The average molecular weight is 199 g/mol. The first-order valence-corrected chi connectivity index (χ1v) is 4.82. The normalized spacial score (nSPS) is 9.64. The van der Waals surface area contributed by atoms with Crippen molar-refractivity contribution in [3.8, 4) is 0 Å². The second-order valence-electron chi connectivity index (χ2n) is 3.03. The van der Waals surface area contributed by atoms with Crippen LogP contribution in [-0.2, 0) is 0 Å². The molecule has 0 unspecified atom stereocenters. The Balaban J connectivity index is 0.000000791. The van der Waals surface area contributed by atoms with Gasteiger partial charge in [0.15, 0.2) is 0 Å². The third kappa shape index (κ3) is 2.94. The Labute approximate surface area is 84.6 Å². The molecule has 0 fully saturated rings. The maximum atomic E-state index is 13.1. The van der Waals surface area contributed by atoms with E-state index in [0.717, 1.165) is 0 Å². The van der Waals surface area contributed by atoms with Crippen molar-refractivity contribution < 1.29 is 4.39 Å². The molecule has 0 saturated heterocycles. The number of halogens is 1. The zero-order chi connectivity index (χ0) is 11.3. The first kappa shape index (κ1) is 12.8. The minimum Gasteiger partial charge on any atom is -0.368 e. The van der Waals surface area contributed by atoms with Crippen LogP contribution in [0.1, 0.15) is 44.9 Å². The Bertz CT molecular complexity index is 274. The summed E-state index contributed by atoms with van der Waals surface area (Å²) in [6.07, 6.45) is 0. The van der Waals surface area contributed by atoms with Gasteiger partial charge in [0, 0.05) is 11.3 Å². The predicted octanol–water partition coefficient (Wildman–Crippen LogP) is 2.66. The lowest BCUT2D eigenvalue weighted by atomic mass is 10.0. The van der Waals surface area contributed by atoms with Crippen molar-refractivity contribution in [3.63, 3.8) is 0 Å². The molecule has 2 N–H and O–H groups in total. The standard InChI is InChI=1S/C8H12FN3.C2H6/c1-4(2)6-5(3)11-8(10)12-7(6)9;1-2/h4H,1-3H3,(H2,10,11,12);1-2H3. The molecule has 0 radical (unpaired) electrons. The summed E-state index contributed by atoms with van der Waals surface area (Å²) in [6.45, 7) is 9.52. The molecule has 1 aromatic heterocycles. The summed E-state index contributed by atoms with van der Waals surface area (Å²) in [7, 11) is 0. The molecule has 1 aromatic rings. The number of nitrogens with two attached hydrogens (primary N) is 1. The fourth-order valence-corrected chi connectivity index (χ4v) is 1.22. The van der Waals surface area contributed by atoms with Crippen LogP contribution in [0.3, 0.4) is 0 Å². The molecular weight excluding hydrogens is 181 g/mol. The highest BCUT2D eigenvalue weighted by Crippen LogP contribution is 2.19. The van der Waals surface area contributed by atoms with E-state index in [0.29, 0.717) is 11.3 Å². The van der Waals surface area contributed by atoms with E-state index in [9.17, 15) is 4.39 Å². The fraction of sp³-hybridized carbons (Fsp3) is 0.600. The maximum Gasteiger partial charge on any atom is 0.222 e. The minimum atomic E-state index is -0.505. The molecule has 3 nitrogen and oxygen atoms in total. The molecule has 0 aliphatic carbocycles. The summed E-state index contributed by atoms with van der Waals surface area (Å²) in [6, 6.07) is 0. The van der Waals surface area contributed by atoms with Crippen LogP contribution in [0.2, 0.25) is 0 Å². The van der Waals surface area contributed by atoms with Gasteiger partial charge < -0.3 is 5.73 Å². The van der Waals surface area contributed by atoms with E-state index in [1.807, 2.05) is 27.7 Å². The van der Waals surface area contributed by atoms with Crippen molar-refractivity contribution in [1.29, 1.82) is 0 Å². The molecule has 0 spiro atoms. The molecular formula is C10H18FN3. The van der Waals surface area contributed by atoms with Crippen molar-refractivity contribution in [2.45, 2.75) is 40.5 Å². The third-order valence-electron chi connectivity index (χ3n) is 1.68. The Morgan fingerprint density at radius 2 is 1.71 bits per heavy atom. The summed E-state index contributed by atoms with van der Waals surface area (Å²) >= 11 is 0. The van der Waals surface area contributed by atoms with Crippen LogP contribution < -0.4 is 5.73 Å². The third-order valence-corrected chi connectivity index (χ3v) is 1.68. The number of hydrogen-bond acceptors (Lipinski definition) is 3. The van der Waals surface area contributed by atoms with Crippen molar-refractivity contribution in [3.05, 3.63) is 17.2 Å². The van der Waals surface area contributed by atoms with Crippen molar-refractivity contribution in [2.24, 2.45) is 0 Å². The Kier molecular flexibility index (Phi) is 5.05. The largest absolute Gasteiger partial charge is 0.368 e. The minimum absolute atomic E-state index is 0.00519. The summed E-state index contributed by atoms with van der Waals surface area (Å²) in [4.78, 5) is 7.34. The molecule has 80 valence electrons. The van der Waals surface area contributed by atoms with Crippen molar-refractivity contribution >= 4 is 5.95 Å². The van der Waals surface area contributed by atoms with Crippen LogP contribution in [-0.4, -0.2) is 9.97 Å². The molecule has 1 rings (SSSR count). The lowest BCUT2D eigenvalue weighted by molar-refractivity contribution is 0.550. The second kappa shape index (κ2) is 5.52. The van der Waals surface area contributed by atoms with Gasteiger partial charge in [-0.15, -0.1) is 0 Å². The fourth-order valence-electron chi connectivity index (χ4n) is 1.22. The Morgan fingerprint density at radius 1 is 1.21 bits per heavy atom. The zero-order valence-corrected chi connectivity index (χ0v) is 9.43. The Morgan fingerprint density at radius 3 is 2.07 bits per heavy atom. The molecule has 14 heavy (non-hydrogen) atoms. The monoisotopic (exact) mass is 199 g/mol. The first-order chi connectivity index (χ1) is 6.52. The number of aryl methyl sites for hydroxylation is 1. The van der Waals surface area contributed by atoms with Gasteiger partial charge in [0.25, 0.3) is 0 Å². The zero-order valence-electron chi connectivity index (χ0n) is 9.43. The number of nitrogen functional groups attached to an aromatic ring is 1.